The zero-order valence-corrected chi connectivity index (χ0v) is 16.5. The number of benzene rings is 2. The van der Waals surface area contributed by atoms with Gasteiger partial charge in [0.05, 0.1) is 10.7 Å². The highest BCUT2D eigenvalue weighted by Crippen LogP contribution is 2.30. The SMILES string of the molecule is O=C(COc1cccc2cccnc12)NN=Cc1cc(Br)cc(Br)c1O. The van der Waals surface area contributed by atoms with Gasteiger partial charge in [-0.3, -0.25) is 9.78 Å². The van der Waals surface area contributed by atoms with Gasteiger partial charge in [-0.2, -0.15) is 5.10 Å². The van der Waals surface area contributed by atoms with Crippen LogP contribution in [0.2, 0.25) is 0 Å². The van der Waals surface area contributed by atoms with Crippen molar-refractivity contribution in [2.75, 3.05) is 6.61 Å². The Bertz CT molecular complexity index is 987. The van der Waals surface area contributed by atoms with E-state index in [-0.39, 0.29) is 12.4 Å². The van der Waals surface area contributed by atoms with Gasteiger partial charge in [0, 0.05) is 21.6 Å². The number of aromatic hydroxyl groups is 1. The van der Waals surface area contributed by atoms with Crippen LogP contribution < -0.4 is 10.2 Å². The number of ether oxygens (including phenoxy) is 1. The van der Waals surface area contributed by atoms with Crippen molar-refractivity contribution < 1.29 is 14.6 Å². The lowest BCUT2D eigenvalue weighted by Crippen LogP contribution is -2.24. The van der Waals surface area contributed by atoms with E-state index in [1.165, 1.54) is 6.21 Å². The van der Waals surface area contributed by atoms with Crippen molar-refractivity contribution in [3.05, 3.63) is 63.2 Å². The van der Waals surface area contributed by atoms with Crippen LogP contribution in [0.3, 0.4) is 0 Å². The molecule has 0 saturated carbocycles. The molecule has 0 aliphatic carbocycles. The molecule has 3 aromatic rings. The zero-order chi connectivity index (χ0) is 18.5. The van der Waals surface area contributed by atoms with Crippen molar-refractivity contribution in [1.82, 2.24) is 10.4 Å². The molecule has 0 unspecified atom stereocenters. The Hall–Kier alpha value is -2.45. The number of hydrogen-bond acceptors (Lipinski definition) is 5. The van der Waals surface area contributed by atoms with Gasteiger partial charge in [-0.25, -0.2) is 5.43 Å². The van der Waals surface area contributed by atoms with Crippen LogP contribution in [0.15, 0.2) is 62.7 Å². The van der Waals surface area contributed by atoms with Crippen LogP contribution >= 0.6 is 31.9 Å². The van der Waals surface area contributed by atoms with Crippen molar-refractivity contribution in [2.45, 2.75) is 0 Å². The van der Waals surface area contributed by atoms with E-state index in [1.54, 1.807) is 24.4 Å². The molecule has 26 heavy (non-hydrogen) atoms. The second-order valence-corrected chi connectivity index (χ2v) is 7.01. The summed E-state index contributed by atoms with van der Waals surface area (Å²) in [4.78, 5) is 16.2. The zero-order valence-electron chi connectivity index (χ0n) is 13.3. The monoisotopic (exact) mass is 477 g/mol. The Balaban J connectivity index is 1.61. The number of halogens is 2. The fourth-order valence-corrected chi connectivity index (χ4v) is 3.48. The summed E-state index contributed by atoms with van der Waals surface area (Å²) in [7, 11) is 0. The molecule has 132 valence electrons. The van der Waals surface area contributed by atoms with Gasteiger partial charge in [-0.05, 0) is 40.2 Å². The molecule has 6 nitrogen and oxygen atoms in total. The van der Waals surface area contributed by atoms with Gasteiger partial charge in [-0.15, -0.1) is 0 Å². The molecule has 0 radical (unpaired) electrons. The van der Waals surface area contributed by atoms with Crippen molar-refractivity contribution in [3.63, 3.8) is 0 Å². The number of nitrogens with one attached hydrogen (secondary N) is 1. The third-order valence-corrected chi connectivity index (χ3v) is 4.47. The number of phenols is 1. The van der Waals surface area contributed by atoms with Gasteiger partial charge in [-0.1, -0.05) is 34.1 Å². The highest BCUT2D eigenvalue weighted by molar-refractivity contribution is 9.11. The minimum absolute atomic E-state index is 0.0317. The number of hydrazone groups is 1. The standard InChI is InChI=1S/C18H13Br2N3O3/c19-13-7-12(18(25)14(20)8-13)9-22-23-16(24)10-26-15-5-1-3-11-4-2-6-21-17(11)15/h1-9,25H,10H2,(H,23,24). The van der Waals surface area contributed by atoms with E-state index in [1.807, 2.05) is 24.3 Å². The highest BCUT2D eigenvalue weighted by atomic mass is 79.9. The van der Waals surface area contributed by atoms with Gasteiger partial charge in [0.2, 0.25) is 0 Å². The van der Waals surface area contributed by atoms with E-state index in [0.29, 0.717) is 21.3 Å². The first-order chi connectivity index (χ1) is 12.5. The normalized spacial score (nSPS) is 11.0. The number of aromatic nitrogens is 1. The van der Waals surface area contributed by atoms with E-state index in [9.17, 15) is 9.90 Å². The number of fused-ring (bicyclic) bond motifs is 1. The second kappa shape index (κ2) is 8.29. The molecule has 0 aliphatic rings. The Morgan fingerprint density at radius 3 is 2.92 bits per heavy atom. The molecule has 2 aromatic carbocycles. The topological polar surface area (TPSA) is 83.8 Å². The summed E-state index contributed by atoms with van der Waals surface area (Å²) in [5, 5.41) is 14.7. The maximum Gasteiger partial charge on any atom is 0.277 e. The summed E-state index contributed by atoms with van der Waals surface area (Å²) in [6, 6.07) is 12.6. The van der Waals surface area contributed by atoms with E-state index in [4.69, 9.17) is 4.74 Å². The average molecular weight is 479 g/mol. The Labute approximate surface area is 166 Å². The van der Waals surface area contributed by atoms with Gasteiger partial charge < -0.3 is 9.84 Å². The first-order valence-corrected chi connectivity index (χ1v) is 9.09. The fraction of sp³-hybridized carbons (Fsp3) is 0.0556. The second-order valence-electron chi connectivity index (χ2n) is 5.24. The molecule has 2 N–H and O–H groups in total. The molecule has 1 aromatic heterocycles. The largest absolute Gasteiger partial charge is 0.506 e. The maximum atomic E-state index is 11.9. The molecule has 1 amide bonds. The van der Waals surface area contributed by atoms with E-state index >= 15 is 0 Å². The molecule has 1 heterocycles. The third-order valence-electron chi connectivity index (χ3n) is 3.41. The van der Waals surface area contributed by atoms with Crippen LogP contribution in [0, 0.1) is 0 Å². The molecule has 8 heteroatoms. The molecule has 0 saturated heterocycles. The summed E-state index contributed by atoms with van der Waals surface area (Å²) in [6.07, 6.45) is 3.02. The molecule has 0 atom stereocenters. The van der Waals surface area contributed by atoms with Crippen LogP contribution in [0.5, 0.6) is 11.5 Å². The number of phenolic OH excluding ortho intramolecular Hbond substituents is 1. The number of carbonyl (C=O) groups is 1. The molecular weight excluding hydrogens is 466 g/mol. The fourth-order valence-electron chi connectivity index (χ4n) is 2.23. The van der Waals surface area contributed by atoms with E-state index < -0.39 is 5.91 Å². The van der Waals surface area contributed by atoms with Gasteiger partial charge in [0.1, 0.15) is 17.0 Å². The van der Waals surface area contributed by atoms with Gasteiger partial charge in [0.25, 0.3) is 5.91 Å². The van der Waals surface area contributed by atoms with Crippen LogP contribution in [0.1, 0.15) is 5.56 Å². The highest BCUT2D eigenvalue weighted by Gasteiger charge is 2.07. The molecular formula is C18H13Br2N3O3. The quantitative estimate of drug-likeness (QED) is 0.429. The van der Waals surface area contributed by atoms with Crippen molar-refractivity contribution in [2.24, 2.45) is 5.10 Å². The predicted octanol–water partition coefficient (Wildman–Crippen LogP) is 3.99. The van der Waals surface area contributed by atoms with Gasteiger partial charge >= 0.3 is 0 Å². The average Bonchev–Trinajstić information content (AvgIpc) is 2.63. The molecule has 3 rings (SSSR count). The summed E-state index contributed by atoms with van der Waals surface area (Å²) in [5.74, 6) is 0.128. The van der Waals surface area contributed by atoms with E-state index in [2.05, 4.69) is 47.4 Å². The van der Waals surface area contributed by atoms with Crippen molar-refractivity contribution in [3.8, 4) is 11.5 Å². The predicted molar refractivity (Wildman–Crippen MR) is 106 cm³/mol. The molecule has 0 spiro atoms. The number of hydrogen-bond donors (Lipinski definition) is 2. The summed E-state index contributed by atoms with van der Waals surface area (Å²) in [6.45, 7) is -0.207. The van der Waals surface area contributed by atoms with Crippen LogP contribution in [0.4, 0.5) is 0 Å². The maximum absolute atomic E-state index is 11.9. The molecule has 0 aliphatic heterocycles. The first-order valence-electron chi connectivity index (χ1n) is 7.51. The van der Waals surface area contributed by atoms with Crippen LogP contribution in [-0.2, 0) is 4.79 Å². The van der Waals surface area contributed by atoms with Crippen molar-refractivity contribution in [1.29, 1.82) is 0 Å². The molecule has 0 bridgehead atoms. The molecule has 0 fully saturated rings. The minimum atomic E-state index is -0.428. The van der Waals surface area contributed by atoms with Crippen LogP contribution in [-0.4, -0.2) is 28.8 Å². The lowest BCUT2D eigenvalue weighted by atomic mass is 10.2. The summed E-state index contributed by atoms with van der Waals surface area (Å²) in [5.41, 5.74) is 3.50. The lowest BCUT2D eigenvalue weighted by molar-refractivity contribution is -0.123. The first kappa shape index (κ1) is 18.3. The Kier molecular flexibility index (Phi) is 5.85. The number of carbonyl (C=O) groups excluding carboxylic acids is 1. The lowest BCUT2D eigenvalue weighted by Gasteiger charge is -2.07. The van der Waals surface area contributed by atoms with E-state index in [0.717, 1.165) is 9.86 Å². The minimum Gasteiger partial charge on any atom is -0.506 e. The van der Waals surface area contributed by atoms with Crippen molar-refractivity contribution >= 4 is 54.9 Å². The third kappa shape index (κ3) is 4.39. The smallest absolute Gasteiger partial charge is 0.277 e. The number of pyridine rings is 1. The Morgan fingerprint density at radius 1 is 1.27 bits per heavy atom. The summed E-state index contributed by atoms with van der Waals surface area (Å²) < 4.78 is 6.82. The number of rotatable bonds is 5. The number of nitrogens with zero attached hydrogens (tertiary/aromatic N) is 2. The summed E-state index contributed by atoms with van der Waals surface area (Å²) >= 11 is 6.56. The number of amides is 1. The van der Waals surface area contributed by atoms with Crippen LogP contribution in [0.25, 0.3) is 10.9 Å². The Morgan fingerprint density at radius 2 is 2.08 bits per heavy atom. The van der Waals surface area contributed by atoms with Gasteiger partial charge in [0.15, 0.2) is 6.61 Å². The number of para-hydroxylation sites is 1.